The Hall–Kier alpha value is -2.41. The number of sulfonamides is 1. The van der Waals surface area contributed by atoms with Gasteiger partial charge in [-0.3, -0.25) is 14.4 Å². The second-order valence-corrected chi connectivity index (χ2v) is 6.92. The first-order valence-electron chi connectivity index (χ1n) is 6.54. The molecule has 0 bridgehead atoms. The van der Waals surface area contributed by atoms with E-state index in [1.165, 1.54) is 25.2 Å². The van der Waals surface area contributed by atoms with Gasteiger partial charge in [-0.25, -0.2) is 8.42 Å². The molecule has 0 aliphatic heterocycles. The van der Waals surface area contributed by atoms with E-state index >= 15 is 0 Å². The molecule has 0 aromatic heterocycles. The maximum absolute atomic E-state index is 12.7. The molecule has 0 radical (unpaired) electrons. The summed E-state index contributed by atoms with van der Waals surface area (Å²) in [6.45, 7) is 3.73. The quantitative estimate of drug-likeness (QED) is 0.640. The van der Waals surface area contributed by atoms with Crippen LogP contribution in [-0.4, -0.2) is 20.4 Å². The topological polar surface area (TPSA) is 80.5 Å². The summed E-state index contributed by atoms with van der Waals surface area (Å²) in [6, 6.07) is 10.4. The predicted molar refractivity (Wildman–Crippen MR) is 84.6 cm³/mol. The number of anilines is 1. The Labute approximate surface area is 129 Å². The highest BCUT2D eigenvalue weighted by molar-refractivity contribution is 7.92. The van der Waals surface area contributed by atoms with Gasteiger partial charge in [0, 0.05) is 19.2 Å². The number of nitro benzene ring substituents is 1. The molecule has 7 heteroatoms. The van der Waals surface area contributed by atoms with Crippen LogP contribution in [0.4, 0.5) is 11.4 Å². The Morgan fingerprint density at radius 3 is 2.36 bits per heavy atom. The molecular formula is C15H16N2O4S. The molecule has 0 aliphatic carbocycles. The van der Waals surface area contributed by atoms with E-state index in [0.29, 0.717) is 5.69 Å². The van der Waals surface area contributed by atoms with Crippen LogP contribution in [0.5, 0.6) is 0 Å². The smallest absolute Gasteiger partial charge is 0.269 e. The largest absolute Gasteiger partial charge is 0.270 e. The van der Waals surface area contributed by atoms with Gasteiger partial charge >= 0.3 is 0 Å². The molecule has 0 fully saturated rings. The van der Waals surface area contributed by atoms with Crippen LogP contribution in [-0.2, 0) is 10.0 Å². The summed E-state index contributed by atoms with van der Waals surface area (Å²) in [7, 11) is -2.42. The molecule has 0 aliphatic rings. The lowest BCUT2D eigenvalue weighted by molar-refractivity contribution is -0.385. The van der Waals surface area contributed by atoms with Crippen molar-refractivity contribution in [3.8, 4) is 0 Å². The molecular weight excluding hydrogens is 304 g/mol. The highest BCUT2D eigenvalue weighted by Gasteiger charge is 2.24. The average Bonchev–Trinajstić information content (AvgIpc) is 2.49. The molecule has 0 amide bonds. The zero-order chi connectivity index (χ0) is 16.5. The number of nitrogens with zero attached hydrogens (tertiary/aromatic N) is 2. The van der Waals surface area contributed by atoms with E-state index in [4.69, 9.17) is 0 Å². The molecule has 0 unspecified atom stereocenters. The zero-order valence-electron chi connectivity index (χ0n) is 12.5. The highest BCUT2D eigenvalue weighted by atomic mass is 32.2. The van der Waals surface area contributed by atoms with E-state index in [0.717, 1.165) is 21.5 Å². The van der Waals surface area contributed by atoms with Crippen LogP contribution in [0.3, 0.4) is 0 Å². The molecule has 0 atom stereocenters. The summed E-state index contributed by atoms with van der Waals surface area (Å²) in [5.74, 6) is 0. The Balaban J connectivity index is 2.52. The fourth-order valence-corrected chi connectivity index (χ4v) is 3.42. The lowest BCUT2D eigenvalue weighted by Crippen LogP contribution is -2.27. The monoisotopic (exact) mass is 320 g/mol. The summed E-state index contributed by atoms with van der Waals surface area (Å²) >= 11 is 0. The molecule has 0 saturated carbocycles. The summed E-state index contributed by atoms with van der Waals surface area (Å²) in [5, 5.41) is 10.8. The van der Waals surface area contributed by atoms with Gasteiger partial charge in [-0.05, 0) is 37.1 Å². The normalized spacial score (nSPS) is 11.2. The summed E-state index contributed by atoms with van der Waals surface area (Å²) in [6.07, 6.45) is 0. The van der Waals surface area contributed by atoms with E-state index in [1.54, 1.807) is 12.1 Å². The fourth-order valence-electron chi connectivity index (χ4n) is 2.12. The Kier molecular flexibility index (Phi) is 4.18. The van der Waals surface area contributed by atoms with Crippen molar-refractivity contribution in [1.29, 1.82) is 0 Å². The number of hydrogen-bond acceptors (Lipinski definition) is 4. The van der Waals surface area contributed by atoms with Crippen molar-refractivity contribution < 1.29 is 13.3 Å². The van der Waals surface area contributed by atoms with E-state index in [1.807, 2.05) is 19.9 Å². The van der Waals surface area contributed by atoms with Crippen LogP contribution in [0.25, 0.3) is 0 Å². The second kappa shape index (κ2) is 5.76. The first kappa shape index (κ1) is 16.0. The van der Waals surface area contributed by atoms with Crippen LogP contribution in [0.1, 0.15) is 11.1 Å². The standard InChI is InChI=1S/C15H16N2O4S/c1-11-6-4-9-15(12(11)2)16(3)22(20,21)14-8-5-7-13(10-14)17(18)19/h4-10H,1-3H3. The SMILES string of the molecule is Cc1cccc(N(C)S(=O)(=O)c2cccc([N+](=O)[O-])c2)c1C. The molecule has 116 valence electrons. The van der Waals surface area contributed by atoms with Gasteiger partial charge in [-0.2, -0.15) is 0 Å². The van der Waals surface area contributed by atoms with Gasteiger partial charge in [-0.15, -0.1) is 0 Å². The third-order valence-electron chi connectivity index (χ3n) is 3.60. The Bertz CT molecular complexity index is 831. The summed E-state index contributed by atoms with van der Waals surface area (Å²) < 4.78 is 26.5. The number of non-ortho nitro benzene ring substituents is 1. The molecule has 0 heterocycles. The van der Waals surface area contributed by atoms with Gasteiger partial charge in [0.2, 0.25) is 0 Å². The van der Waals surface area contributed by atoms with Crippen LogP contribution in [0.2, 0.25) is 0 Å². The minimum atomic E-state index is -3.86. The zero-order valence-corrected chi connectivity index (χ0v) is 13.3. The number of aryl methyl sites for hydroxylation is 1. The summed E-state index contributed by atoms with van der Waals surface area (Å²) in [5.41, 5.74) is 2.11. The first-order chi connectivity index (χ1) is 10.2. The number of rotatable bonds is 4. The van der Waals surface area contributed by atoms with Gasteiger partial charge < -0.3 is 0 Å². The van der Waals surface area contributed by atoms with Crippen molar-refractivity contribution in [2.24, 2.45) is 0 Å². The molecule has 2 aromatic carbocycles. The van der Waals surface area contributed by atoms with Crippen molar-refractivity contribution in [2.45, 2.75) is 18.7 Å². The maximum Gasteiger partial charge on any atom is 0.270 e. The average molecular weight is 320 g/mol. The highest BCUT2D eigenvalue weighted by Crippen LogP contribution is 2.28. The molecule has 22 heavy (non-hydrogen) atoms. The number of nitro groups is 1. The lowest BCUT2D eigenvalue weighted by atomic mass is 10.1. The fraction of sp³-hybridized carbons (Fsp3) is 0.200. The molecule has 0 saturated heterocycles. The first-order valence-corrected chi connectivity index (χ1v) is 7.99. The number of benzene rings is 2. The third kappa shape index (κ3) is 2.80. The van der Waals surface area contributed by atoms with Gasteiger partial charge in [-0.1, -0.05) is 18.2 Å². The molecule has 2 rings (SSSR count). The van der Waals surface area contributed by atoms with Crippen LogP contribution < -0.4 is 4.31 Å². The van der Waals surface area contributed by atoms with E-state index < -0.39 is 14.9 Å². The van der Waals surface area contributed by atoms with Crippen molar-refractivity contribution in [3.63, 3.8) is 0 Å². The van der Waals surface area contributed by atoms with Crippen molar-refractivity contribution >= 4 is 21.4 Å². The van der Waals surface area contributed by atoms with Crippen molar-refractivity contribution in [1.82, 2.24) is 0 Å². The van der Waals surface area contributed by atoms with Crippen LogP contribution in [0.15, 0.2) is 47.4 Å². The van der Waals surface area contributed by atoms with Crippen molar-refractivity contribution in [3.05, 3.63) is 63.7 Å². The van der Waals surface area contributed by atoms with Gasteiger partial charge in [0.1, 0.15) is 0 Å². The second-order valence-electron chi connectivity index (χ2n) is 4.95. The molecule has 0 N–H and O–H groups in total. The number of hydrogen-bond donors (Lipinski definition) is 0. The predicted octanol–water partition coefficient (Wildman–Crippen LogP) is 3.04. The van der Waals surface area contributed by atoms with E-state index in [9.17, 15) is 18.5 Å². The van der Waals surface area contributed by atoms with Gasteiger partial charge in [0.25, 0.3) is 15.7 Å². The van der Waals surface area contributed by atoms with Gasteiger partial charge in [0.15, 0.2) is 0 Å². The third-order valence-corrected chi connectivity index (χ3v) is 5.37. The van der Waals surface area contributed by atoms with E-state index in [2.05, 4.69) is 0 Å². The minimum Gasteiger partial charge on any atom is -0.269 e. The maximum atomic E-state index is 12.7. The molecule has 0 spiro atoms. The molecule has 2 aromatic rings. The molecule has 6 nitrogen and oxygen atoms in total. The van der Waals surface area contributed by atoms with E-state index in [-0.39, 0.29) is 10.6 Å². The summed E-state index contributed by atoms with van der Waals surface area (Å²) in [4.78, 5) is 10.1. The Morgan fingerprint density at radius 2 is 1.73 bits per heavy atom. The minimum absolute atomic E-state index is 0.106. The van der Waals surface area contributed by atoms with Crippen molar-refractivity contribution in [2.75, 3.05) is 11.4 Å². The van der Waals surface area contributed by atoms with Crippen LogP contribution >= 0.6 is 0 Å². The van der Waals surface area contributed by atoms with Gasteiger partial charge in [0.05, 0.1) is 15.5 Å². The van der Waals surface area contributed by atoms with Crippen LogP contribution in [0, 0.1) is 24.0 Å². The Morgan fingerprint density at radius 1 is 1.09 bits per heavy atom. The lowest BCUT2D eigenvalue weighted by Gasteiger charge is -2.22.